The molecule has 20 heavy (non-hydrogen) atoms. The summed E-state index contributed by atoms with van der Waals surface area (Å²) in [4.78, 5) is 22.8. The number of carbonyl (C=O) groups excluding carboxylic acids is 1. The zero-order chi connectivity index (χ0) is 14.7. The number of carboxylic acids is 1. The van der Waals surface area contributed by atoms with E-state index in [4.69, 9.17) is 9.52 Å². The lowest BCUT2D eigenvalue weighted by Gasteiger charge is -2.12. The highest BCUT2D eigenvalue weighted by Gasteiger charge is 2.37. The number of hydrogen-bond acceptors (Lipinski definition) is 4. The molecule has 110 valence electrons. The molecule has 0 radical (unpaired) electrons. The van der Waals surface area contributed by atoms with Crippen LogP contribution in [-0.4, -0.2) is 28.8 Å². The molecule has 1 heterocycles. The molecule has 0 aromatic carbocycles. The highest BCUT2D eigenvalue weighted by atomic mass is 32.2. The van der Waals surface area contributed by atoms with Gasteiger partial charge in [0.25, 0.3) is 11.7 Å². The van der Waals surface area contributed by atoms with Crippen LogP contribution < -0.4 is 5.32 Å². The maximum atomic E-state index is 12.0. The summed E-state index contributed by atoms with van der Waals surface area (Å²) in [6, 6.07) is 1.85. The van der Waals surface area contributed by atoms with E-state index in [0.717, 1.165) is 12.8 Å². The standard InChI is InChI=1S/C12H13F2NO4S/c13-12(14)20-5-7-3-4-8(19-7)10(16)15-9(11(17)18)6-1-2-6/h3-4,6,9,12H,1-2,5H2,(H,15,16)(H,17,18). The third kappa shape index (κ3) is 3.96. The van der Waals surface area contributed by atoms with Gasteiger partial charge >= 0.3 is 5.97 Å². The lowest BCUT2D eigenvalue weighted by atomic mass is 10.2. The molecule has 1 amide bonds. The van der Waals surface area contributed by atoms with E-state index in [9.17, 15) is 18.4 Å². The molecule has 5 nitrogen and oxygen atoms in total. The van der Waals surface area contributed by atoms with Gasteiger partial charge in [-0.3, -0.25) is 4.79 Å². The molecule has 1 aliphatic carbocycles. The Labute approximate surface area is 117 Å². The molecule has 1 unspecified atom stereocenters. The summed E-state index contributed by atoms with van der Waals surface area (Å²) in [5.41, 5.74) is 0. The number of alkyl halides is 2. The minimum atomic E-state index is -2.51. The van der Waals surface area contributed by atoms with Crippen molar-refractivity contribution in [1.29, 1.82) is 0 Å². The normalized spacial score (nSPS) is 16.1. The van der Waals surface area contributed by atoms with E-state index in [1.54, 1.807) is 0 Å². The van der Waals surface area contributed by atoms with Crippen molar-refractivity contribution in [2.75, 3.05) is 0 Å². The number of aliphatic carboxylic acids is 1. The van der Waals surface area contributed by atoms with Gasteiger partial charge in [0, 0.05) is 0 Å². The first-order valence-electron chi connectivity index (χ1n) is 5.99. The van der Waals surface area contributed by atoms with Gasteiger partial charge in [0.05, 0.1) is 5.75 Å². The fourth-order valence-corrected chi connectivity index (χ4v) is 2.19. The van der Waals surface area contributed by atoms with Crippen LogP contribution in [0.1, 0.15) is 29.2 Å². The molecular weight excluding hydrogens is 292 g/mol. The van der Waals surface area contributed by atoms with Crippen LogP contribution in [-0.2, 0) is 10.5 Å². The number of furan rings is 1. The van der Waals surface area contributed by atoms with Crippen molar-refractivity contribution in [3.8, 4) is 0 Å². The zero-order valence-electron chi connectivity index (χ0n) is 10.3. The quantitative estimate of drug-likeness (QED) is 0.808. The van der Waals surface area contributed by atoms with Crippen molar-refractivity contribution >= 4 is 23.6 Å². The third-order valence-electron chi connectivity index (χ3n) is 2.88. The average molecular weight is 305 g/mol. The molecule has 0 bridgehead atoms. The second-order valence-corrected chi connectivity index (χ2v) is 5.44. The highest BCUT2D eigenvalue weighted by molar-refractivity contribution is 7.98. The van der Waals surface area contributed by atoms with Crippen LogP contribution in [0.4, 0.5) is 8.78 Å². The van der Waals surface area contributed by atoms with Gasteiger partial charge in [-0.1, -0.05) is 11.8 Å². The van der Waals surface area contributed by atoms with Crippen LogP contribution in [0.5, 0.6) is 0 Å². The van der Waals surface area contributed by atoms with Crippen molar-refractivity contribution in [3.05, 3.63) is 23.7 Å². The van der Waals surface area contributed by atoms with E-state index >= 15 is 0 Å². The smallest absolute Gasteiger partial charge is 0.326 e. The average Bonchev–Trinajstić information content (AvgIpc) is 3.10. The number of carbonyl (C=O) groups is 2. The molecule has 1 aromatic heterocycles. The molecule has 0 spiro atoms. The molecule has 0 saturated heterocycles. The van der Waals surface area contributed by atoms with E-state index in [2.05, 4.69) is 5.32 Å². The Bertz CT molecular complexity index is 501. The number of nitrogens with one attached hydrogen (secondary N) is 1. The molecule has 1 atom stereocenters. The van der Waals surface area contributed by atoms with Crippen molar-refractivity contribution in [1.82, 2.24) is 5.32 Å². The Balaban J connectivity index is 1.93. The Kier molecular flexibility index (Phi) is 4.64. The molecule has 1 saturated carbocycles. The predicted octanol–water partition coefficient (Wildman–Crippen LogP) is 2.33. The van der Waals surface area contributed by atoms with Crippen molar-refractivity contribution < 1.29 is 27.9 Å². The lowest BCUT2D eigenvalue weighted by molar-refractivity contribution is -0.139. The summed E-state index contributed by atoms with van der Waals surface area (Å²) in [5, 5.41) is 11.4. The molecule has 0 aliphatic heterocycles. The van der Waals surface area contributed by atoms with Gasteiger partial charge in [0.2, 0.25) is 0 Å². The summed E-state index contributed by atoms with van der Waals surface area (Å²) in [5.74, 6) is -4.14. The number of rotatable bonds is 7. The zero-order valence-corrected chi connectivity index (χ0v) is 11.2. The molecule has 1 fully saturated rings. The van der Waals surface area contributed by atoms with Crippen molar-refractivity contribution in [2.24, 2.45) is 5.92 Å². The number of thioether (sulfide) groups is 1. The fraction of sp³-hybridized carbons (Fsp3) is 0.500. The monoisotopic (exact) mass is 305 g/mol. The SMILES string of the molecule is O=C(NC(C(=O)O)C1CC1)c1ccc(CSC(F)F)o1. The molecular formula is C12H13F2NO4S. The van der Waals surface area contributed by atoms with E-state index in [-0.39, 0.29) is 23.2 Å². The highest BCUT2D eigenvalue weighted by Crippen LogP contribution is 2.33. The van der Waals surface area contributed by atoms with E-state index < -0.39 is 23.7 Å². The Morgan fingerprint density at radius 3 is 2.70 bits per heavy atom. The first-order valence-corrected chi connectivity index (χ1v) is 7.04. The second-order valence-electron chi connectivity index (χ2n) is 4.46. The molecule has 1 aromatic rings. The van der Waals surface area contributed by atoms with Gasteiger partial charge < -0.3 is 14.8 Å². The summed E-state index contributed by atoms with van der Waals surface area (Å²) in [7, 11) is 0. The van der Waals surface area contributed by atoms with Crippen LogP contribution in [0.15, 0.2) is 16.5 Å². The fourth-order valence-electron chi connectivity index (χ4n) is 1.75. The van der Waals surface area contributed by atoms with E-state index in [1.165, 1.54) is 12.1 Å². The lowest BCUT2D eigenvalue weighted by Crippen LogP contribution is -2.42. The topological polar surface area (TPSA) is 79.5 Å². The number of amides is 1. The van der Waals surface area contributed by atoms with Gasteiger partial charge in [-0.25, -0.2) is 4.79 Å². The van der Waals surface area contributed by atoms with E-state index in [0.29, 0.717) is 11.8 Å². The summed E-state index contributed by atoms with van der Waals surface area (Å²) in [6.07, 6.45) is 1.54. The van der Waals surface area contributed by atoms with Gasteiger partial charge in [0.15, 0.2) is 5.76 Å². The third-order valence-corrected chi connectivity index (χ3v) is 3.59. The molecule has 2 N–H and O–H groups in total. The maximum Gasteiger partial charge on any atom is 0.326 e. The maximum absolute atomic E-state index is 12.0. The summed E-state index contributed by atoms with van der Waals surface area (Å²) in [6.45, 7) is 0. The van der Waals surface area contributed by atoms with Gasteiger partial charge in [-0.05, 0) is 30.9 Å². The van der Waals surface area contributed by atoms with Gasteiger partial charge in [-0.15, -0.1) is 0 Å². The molecule has 2 rings (SSSR count). The van der Waals surface area contributed by atoms with Crippen LogP contribution >= 0.6 is 11.8 Å². The Hall–Kier alpha value is -1.57. The van der Waals surface area contributed by atoms with E-state index in [1.807, 2.05) is 0 Å². The van der Waals surface area contributed by atoms with Crippen LogP contribution in [0.2, 0.25) is 0 Å². The van der Waals surface area contributed by atoms with Crippen molar-refractivity contribution in [3.63, 3.8) is 0 Å². The number of carboxylic acid groups (broad SMARTS) is 1. The predicted molar refractivity (Wildman–Crippen MR) is 67.6 cm³/mol. The van der Waals surface area contributed by atoms with Crippen LogP contribution in [0, 0.1) is 5.92 Å². The van der Waals surface area contributed by atoms with Gasteiger partial charge in [0.1, 0.15) is 11.8 Å². The molecule has 8 heteroatoms. The second kappa shape index (κ2) is 6.25. The van der Waals surface area contributed by atoms with Crippen molar-refractivity contribution in [2.45, 2.75) is 30.4 Å². The first-order chi connectivity index (χ1) is 9.47. The summed E-state index contributed by atoms with van der Waals surface area (Å²) >= 11 is 0.390. The Morgan fingerprint density at radius 2 is 2.15 bits per heavy atom. The Morgan fingerprint density at radius 1 is 1.45 bits per heavy atom. The minimum absolute atomic E-state index is 0.0414. The number of halogens is 2. The largest absolute Gasteiger partial charge is 0.480 e. The van der Waals surface area contributed by atoms with Crippen LogP contribution in [0.25, 0.3) is 0 Å². The van der Waals surface area contributed by atoms with Crippen LogP contribution in [0.3, 0.4) is 0 Å². The minimum Gasteiger partial charge on any atom is -0.480 e. The summed E-state index contributed by atoms with van der Waals surface area (Å²) < 4.78 is 29.2. The number of hydrogen-bond donors (Lipinski definition) is 2. The van der Waals surface area contributed by atoms with Gasteiger partial charge in [-0.2, -0.15) is 8.78 Å². The first kappa shape index (κ1) is 14.8. The molecule has 1 aliphatic rings.